The molecule has 0 heterocycles. The molecule has 0 rings (SSSR count). The predicted octanol–water partition coefficient (Wildman–Crippen LogP) is 1.42. The average Bonchev–Trinajstić information content (AvgIpc) is 1.81. The van der Waals surface area contributed by atoms with Crippen molar-refractivity contribution in [3.05, 3.63) is 10.1 Å². The minimum atomic E-state index is -1.88. The molecule has 0 atom stereocenters. The van der Waals surface area contributed by atoms with E-state index in [-0.39, 0.29) is 6.08 Å². The molecule has 0 aromatic carbocycles. The van der Waals surface area contributed by atoms with Crippen molar-refractivity contribution in [2.24, 2.45) is 5.10 Å². The van der Waals surface area contributed by atoms with E-state index in [1.54, 1.807) is 6.92 Å². The molecule has 0 aromatic rings. The molecule has 0 spiro atoms. The van der Waals surface area contributed by atoms with Gasteiger partial charge in [0, 0.05) is 0 Å². The lowest BCUT2D eigenvalue weighted by Crippen LogP contribution is -2.31. The van der Waals surface area contributed by atoms with Crippen molar-refractivity contribution in [1.82, 2.24) is 0 Å². The summed E-state index contributed by atoms with van der Waals surface area (Å²) in [7, 11) is -1.88. The maximum atomic E-state index is 10.0. The fourth-order valence-electron chi connectivity index (χ4n) is 0.531. The van der Waals surface area contributed by atoms with Crippen LogP contribution in [0.3, 0.4) is 0 Å². The monoisotopic (exact) mass is 206 g/mol. The van der Waals surface area contributed by atoms with Gasteiger partial charge in [-0.1, -0.05) is 0 Å². The molecule has 0 saturated heterocycles. The number of hydrogen-bond donors (Lipinski definition) is 0. The van der Waals surface area contributed by atoms with Crippen molar-refractivity contribution in [2.45, 2.75) is 26.6 Å². The highest BCUT2D eigenvalue weighted by Gasteiger charge is 2.21. The molecule has 0 amide bonds. The van der Waals surface area contributed by atoms with Gasteiger partial charge in [0.25, 0.3) is 0 Å². The molecular weight excluding hydrogens is 192 g/mol. The molecule has 76 valence electrons. The van der Waals surface area contributed by atoms with E-state index >= 15 is 0 Å². The summed E-state index contributed by atoms with van der Waals surface area (Å²) in [5, 5.41) is 12.2. The van der Waals surface area contributed by atoms with Crippen LogP contribution < -0.4 is 0 Å². The Labute approximate surface area is 77.8 Å². The lowest BCUT2D eigenvalue weighted by atomic mass is 10.9. The number of hydrogen-bond acceptors (Lipinski definition) is 4. The molecule has 0 radical (unpaired) electrons. The van der Waals surface area contributed by atoms with Gasteiger partial charge < -0.3 is 9.16 Å². The maximum absolute atomic E-state index is 10.0. The normalized spacial score (nSPS) is 12.5. The van der Waals surface area contributed by atoms with Gasteiger partial charge in [-0.2, -0.15) is 0 Å². The Morgan fingerprint density at radius 3 is 2.38 bits per heavy atom. The zero-order chi connectivity index (χ0) is 10.5. The van der Waals surface area contributed by atoms with Gasteiger partial charge in [0.1, 0.15) is 5.10 Å². The van der Waals surface area contributed by atoms with Crippen LogP contribution in [-0.2, 0) is 9.16 Å². The molecule has 0 aromatic heterocycles. The third-order valence-corrected chi connectivity index (χ3v) is 1.61. The van der Waals surface area contributed by atoms with Crippen molar-refractivity contribution in [3.8, 4) is 0 Å². The first kappa shape index (κ1) is 11.9. The van der Waals surface area contributed by atoms with Crippen molar-refractivity contribution < 1.29 is 14.2 Å². The molecular formula is C6H14N2O4Si. The molecule has 0 bridgehead atoms. The smallest absolute Gasteiger partial charge is 0.440 e. The van der Waals surface area contributed by atoms with Gasteiger partial charge in [-0.05, 0) is 26.6 Å². The summed E-state index contributed by atoms with van der Waals surface area (Å²) >= 11 is 0. The quantitative estimate of drug-likeness (QED) is 0.230. The highest BCUT2D eigenvalue weighted by Crippen LogP contribution is 2.04. The summed E-state index contributed by atoms with van der Waals surface area (Å²) in [4.78, 5) is 10.0. The number of hydrazone groups is 1. The molecule has 0 aliphatic carbocycles. The zero-order valence-electron chi connectivity index (χ0n) is 8.23. The fourth-order valence-corrected chi connectivity index (χ4v) is 1.15. The molecule has 0 aliphatic heterocycles. The van der Waals surface area contributed by atoms with Crippen LogP contribution in [0.15, 0.2) is 5.10 Å². The van der Waals surface area contributed by atoms with Crippen LogP contribution >= 0.6 is 0 Å². The Bertz CT molecular complexity index is 211. The van der Waals surface area contributed by atoms with E-state index in [0.717, 1.165) is 0 Å². The van der Waals surface area contributed by atoms with Gasteiger partial charge in [-0.25, -0.2) is 10.1 Å². The van der Waals surface area contributed by atoms with Crippen LogP contribution in [0.5, 0.6) is 0 Å². The van der Waals surface area contributed by atoms with Gasteiger partial charge in [0.2, 0.25) is 8.32 Å². The summed E-state index contributed by atoms with van der Waals surface area (Å²) in [6.45, 7) is 7.69. The first-order valence-corrected chi connectivity index (χ1v) is 7.31. The summed E-state index contributed by atoms with van der Waals surface area (Å²) in [6, 6.07) is 0. The Kier molecular flexibility index (Phi) is 4.39. The Hall–Kier alpha value is -1.11. The van der Waals surface area contributed by atoms with Crippen LogP contribution in [0, 0.1) is 10.1 Å². The van der Waals surface area contributed by atoms with E-state index in [1.807, 2.05) is 19.6 Å². The topological polar surface area (TPSA) is 74.0 Å². The Morgan fingerprint density at radius 1 is 1.54 bits per heavy atom. The maximum Gasteiger partial charge on any atom is 0.440 e. The zero-order valence-corrected chi connectivity index (χ0v) is 9.23. The van der Waals surface area contributed by atoms with Gasteiger partial charge in [0.15, 0.2) is 5.03 Å². The lowest BCUT2D eigenvalue weighted by Gasteiger charge is -2.17. The van der Waals surface area contributed by atoms with Gasteiger partial charge in [-0.3, -0.25) is 0 Å². The highest BCUT2D eigenvalue weighted by molar-refractivity contribution is 6.71. The summed E-state index contributed by atoms with van der Waals surface area (Å²) < 4.78 is 10.1. The van der Waals surface area contributed by atoms with Crippen molar-refractivity contribution >= 4 is 14.4 Å². The summed E-state index contributed by atoms with van der Waals surface area (Å²) in [5.41, 5.74) is 0. The molecule has 0 fully saturated rings. The minimum Gasteiger partial charge on any atom is -0.502 e. The van der Waals surface area contributed by atoms with E-state index in [9.17, 15) is 10.1 Å². The highest BCUT2D eigenvalue weighted by atomic mass is 28.4. The van der Waals surface area contributed by atoms with E-state index in [2.05, 4.69) is 5.10 Å². The molecule has 6 nitrogen and oxygen atoms in total. The fraction of sp³-hybridized carbons (Fsp3) is 0.833. The second kappa shape index (κ2) is 4.80. The number of rotatable bonds is 3. The van der Waals surface area contributed by atoms with E-state index < -0.39 is 13.3 Å². The third-order valence-electron chi connectivity index (χ3n) is 0.825. The third kappa shape index (κ3) is 7.25. The first-order valence-electron chi connectivity index (χ1n) is 3.90. The molecule has 0 N–H and O–H groups in total. The Balaban J connectivity index is 4.35. The van der Waals surface area contributed by atoms with Gasteiger partial charge in [0.05, 0.1) is 6.61 Å². The summed E-state index contributed by atoms with van der Waals surface area (Å²) in [6.07, 6.45) is -0.244. The molecule has 0 unspecified atom stereocenters. The van der Waals surface area contributed by atoms with E-state index in [4.69, 9.17) is 9.16 Å². The predicted molar refractivity (Wildman–Crippen MR) is 50.5 cm³/mol. The van der Waals surface area contributed by atoms with Gasteiger partial charge in [-0.15, -0.1) is 0 Å². The largest absolute Gasteiger partial charge is 0.502 e. The molecule has 0 aliphatic rings. The van der Waals surface area contributed by atoms with Crippen LogP contribution in [0.2, 0.25) is 19.6 Å². The van der Waals surface area contributed by atoms with Crippen LogP contribution in [-0.4, -0.2) is 26.0 Å². The number of ether oxygens (including phenoxy) is 1. The lowest BCUT2D eigenvalue weighted by molar-refractivity contribution is -0.487. The Morgan fingerprint density at radius 2 is 2.08 bits per heavy atom. The standard InChI is InChI=1S/C6H14N2O4Si/c1-5-11-6(7-8(9)10)12-13(2,3)4/h5H2,1-4H3. The van der Waals surface area contributed by atoms with Crippen molar-refractivity contribution in [3.63, 3.8) is 0 Å². The van der Waals surface area contributed by atoms with Crippen LogP contribution in [0.4, 0.5) is 0 Å². The second-order valence-corrected chi connectivity index (χ2v) is 7.68. The van der Waals surface area contributed by atoms with E-state index in [1.165, 1.54) is 0 Å². The van der Waals surface area contributed by atoms with Crippen LogP contribution in [0.25, 0.3) is 0 Å². The molecule has 7 heteroatoms. The second-order valence-electron chi connectivity index (χ2n) is 3.25. The number of nitrogens with zero attached hydrogens (tertiary/aromatic N) is 2. The van der Waals surface area contributed by atoms with Crippen molar-refractivity contribution in [2.75, 3.05) is 6.61 Å². The van der Waals surface area contributed by atoms with Gasteiger partial charge >= 0.3 is 6.08 Å². The van der Waals surface area contributed by atoms with E-state index in [0.29, 0.717) is 6.61 Å². The van der Waals surface area contributed by atoms with Crippen molar-refractivity contribution in [1.29, 1.82) is 0 Å². The molecule has 0 saturated carbocycles. The number of nitro groups is 1. The molecule has 13 heavy (non-hydrogen) atoms. The average molecular weight is 206 g/mol. The summed E-state index contributed by atoms with van der Waals surface area (Å²) in [5.74, 6) is 0. The minimum absolute atomic E-state index is 0.244. The van der Waals surface area contributed by atoms with Crippen LogP contribution in [0.1, 0.15) is 6.92 Å². The first-order chi connectivity index (χ1) is 5.85. The SMILES string of the molecule is CCOC(=N[N+](=O)[O-])O[Si](C)(C)C.